The lowest BCUT2D eigenvalue weighted by Gasteiger charge is -2.01. The second-order valence-corrected chi connectivity index (χ2v) is 3.42. The zero-order valence-corrected chi connectivity index (χ0v) is 7.87. The molecule has 1 aromatic carbocycles. The van der Waals surface area contributed by atoms with Gasteiger partial charge in [0, 0.05) is 16.0 Å². The molecule has 0 saturated heterocycles. The standard InChI is InChI=1S/C8H7IO2/c9-7-3-1-6(2-4-7)5-8(10)11/h1-4H,5H2,(H,10,11)/p-1. The molecule has 0 fully saturated rings. The number of rotatable bonds is 2. The largest absolute Gasteiger partial charge is 0.550 e. The van der Waals surface area contributed by atoms with Crippen LogP contribution in [0, 0.1) is 3.57 Å². The highest BCUT2D eigenvalue weighted by atomic mass is 127. The third-order valence-corrected chi connectivity index (χ3v) is 1.98. The summed E-state index contributed by atoms with van der Waals surface area (Å²) in [4.78, 5) is 10.1. The van der Waals surface area contributed by atoms with Gasteiger partial charge < -0.3 is 9.90 Å². The van der Waals surface area contributed by atoms with E-state index in [9.17, 15) is 9.90 Å². The molecule has 0 N–H and O–H groups in total. The number of carbonyl (C=O) groups is 1. The van der Waals surface area contributed by atoms with Gasteiger partial charge >= 0.3 is 0 Å². The van der Waals surface area contributed by atoms with Gasteiger partial charge in [-0.25, -0.2) is 0 Å². The Morgan fingerprint density at radius 1 is 1.36 bits per heavy atom. The maximum atomic E-state index is 10.1. The van der Waals surface area contributed by atoms with Gasteiger partial charge in [-0.1, -0.05) is 12.1 Å². The Bertz CT molecular complexity index is 253. The second-order valence-electron chi connectivity index (χ2n) is 2.18. The first-order chi connectivity index (χ1) is 5.18. The van der Waals surface area contributed by atoms with Crippen LogP contribution in [-0.4, -0.2) is 5.97 Å². The van der Waals surface area contributed by atoms with Crippen LogP contribution in [0.4, 0.5) is 0 Å². The molecule has 0 aromatic heterocycles. The SMILES string of the molecule is O=C([O-])Cc1ccc(I)cc1. The summed E-state index contributed by atoms with van der Waals surface area (Å²) in [7, 11) is 0. The van der Waals surface area contributed by atoms with Crippen molar-refractivity contribution in [3.05, 3.63) is 33.4 Å². The molecule has 0 heterocycles. The van der Waals surface area contributed by atoms with Crippen LogP contribution >= 0.6 is 22.6 Å². The minimum Gasteiger partial charge on any atom is -0.550 e. The molecule has 0 atom stereocenters. The number of carbonyl (C=O) groups excluding carboxylic acids is 1. The van der Waals surface area contributed by atoms with Crippen LogP contribution in [0.25, 0.3) is 0 Å². The molecule has 1 aromatic rings. The van der Waals surface area contributed by atoms with Crippen molar-refractivity contribution < 1.29 is 9.90 Å². The van der Waals surface area contributed by atoms with Crippen LogP contribution in [-0.2, 0) is 11.2 Å². The predicted molar refractivity (Wildman–Crippen MR) is 47.9 cm³/mol. The van der Waals surface area contributed by atoms with Gasteiger partial charge in [-0.3, -0.25) is 0 Å². The first-order valence-electron chi connectivity index (χ1n) is 3.13. The van der Waals surface area contributed by atoms with Crippen LogP contribution in [0.15, 0.2) is 24.3 Å². The molecule has 3 heteroatoms. The van der Waals surface area contributed by atoms with Crippen molar-refractivity contribution >= 4 is 28.6 Å². The van der Waals surface area contributed by atoms with Gasteiger partial charge in [0.05, 0.1) is 0 Å². The molecule has 2 nitrogen and oxygen atoms in total. The molecule has 0 amide bonds. The highest BCUT2D eigenvalue weighted by Crippen LogP contribution is 2.06. The molecule has 0 saturated carbocycles. The summed E-state index contributed by atoms with van der Waals surface area (Å²) in [6.07, 6.45) is -0.00306. The maximum Gasteiger partial charge on any atom is 0.0458 e. The lowest BCUT2D eigenvalue weighted by Crippen LogP contribution is -2.24. The molecular formula is C8H6IO2-. The van der Waals surface area contributed by atoms with Crippen molar-refractivity contribution in [2.45, 2.75) is 6.42 Å². The van der Waals surface area contributed by atoms with E-state index in [-0.39, 0.29) is 6.42 Å². The fourth-order valence-electron chi connectivity index (χ4n) is 0.769. The van der Waals surface area contributed by atoms with Crippen LogP contribution in [0.1, 0.15) is 5.56 Å². The average Bonchev–Trinajstić information content (AvgIpc) is 1.93. The normalized spacial score (nSPS) is 9.55. The molecule has 58 valence electrons. The summed E-state index contributed by atoms with van der Waals surface area (Å²) in [6, 6.07) is 7.33. The topological polar surface area (TPSA) is 40.1 Å². The van der Waals surface area contributed by atoms with Gasteiger partial charge in [0.2, 0.25) is 0 Å². The summed E-state index contributed by atoms with van der Waals surface area (Å²) >= 11 is 2.17. The summed E-state index contributed by atoms with van der Waals surface area (Å²) in [5.41, 5.74) is 0.783. The van der Waals surface area contributed by atoms with Crippen molar-refractivity contribution in [2.75, 3.05) is 0 Å². The molecule has 0 bridgehead atoms. The van der Waals surface area contributed by atoms with Crippen molar-refractivity contribution in [2.24, 2.45) is 0 Å². The van der Waals surface area contributed by atoms with E-state index in [1.165, 1.54) is 0 Å². The Kier molecular flexibility index (Phi) is 2.87. The van der Waals surface area contributed by atoms with Gasteiger partial charge in [-0.15, -0.1) is 0 Å². The molecule has 1 rings (SSSR count). The van der Waals surface area contributed by atoms with Gasteiger partial charge in [0.15, 0.2) is 0 Å². The van der Waals surface area contributed by atoms with E-state index in [1.54, 1.807) is 12.1 Å². The maximum absolute atomic E-state index is 10.1. The number of carboxylic acids is 1. The van der Waals surface area contributed by atoms with Gasteiger partial charge in [0.1, 0.15) is 0 Å². The number of halogens is 1. The number of benzene rings is 1. The molecule has 0 aliphatic heterocycles. The molecule has 0 aliphatic carbocycles. The number of hydrogen-bond acceptors (Lipinski definition) is 2. The minimum atomic E-state index is -1.04. The molecule has 0 radical (unpaired) electrons. The Morgan fingerprint density at radius 3 is 2.36 bits per heavy atom. The van der Waals surface area contributed by atoms with Crippen molar-refractivity contribution in [1.29, 1.82) is 0 Å². The third kappa shape index (κ3) is 2.88. The quantitative estimate of drug-likeness (QED) is 0.731. The van der Waals surface area contributed by atoms with Crippen LogP contribution in [0.2, 0.25) is 0 Å². The molecular weight excluding hydrogens is 255 g/mol. The van der Waals surface area contributed by atoms with Gasteiger partial charge in [0.25, 0.3) is 0 Å². The monoisotopic (exact) mass is 261 g/mol. The molecule has 0 unspecified atom stereocenters. The predicted octanol–water partition coefficient (Wildman–Crippen LogP) is 0.584. The number of hydrogen-bond donors (Lipinski definition) is 0. The highest BCUT2D eigenvalue weighted by molar-refractivity contribution is 14.1. The number of carboxylic acid groups (broad SMARTS) is 1. The van der Waals surface area contributed by atoms with E-state index in [0.717, 1.165) is 9.13 Å². The third-order valence-electron chi connectivity index (χ3n) is 1.26. The fourth-order valence-corrected chi connectivity index (χ4v) is 1.13. The van der Waals surface area contributed by atoms with E-state index < -0.39 is 5.97 Å². The van der Waals surface area contributed by atoms with Crippen molar-refractivity contribution in [3.63, 3.8) is 0 Å². The first kappa shape index (κ1) is 8.52. The van der Waals surface area contributed by atoms with E-state index in [4.69, 9.17) is 0 Å². The zero-order chi connectivity index (χ0) is 8.27. The van der Waals surface area contributed by atoms with E-state index in [0.29, 0.717) is 0 Å². The Hall–Kier alpha value is -0.580. The molecule has 11 heavy (non-hydrogen) atoms. The average molecular weight is 261 g/mol. The lowest BCUT2D eigenvalue weighted by atomic mass is 10.2. The smallest absolute Gasteiger partial charge is 0.0458 e. The lowest BCUT2D eigenvalue weighted by molar-refractivity contribution is -0.304. The first-order valence-corrected chi connectivity index (χ1v) is 4.20. The van der Waals surface area contributed by atoms with E-state index in [2.05, 4.69) is 22.6 Å². The Morgan fingerprint density at radius 2 is 1.91 bits per heavy atom. The minimum absolute atomic E-state index is 0.00306. The van der Waals surface area contributed by atoms with Gasteiger partial charge in [-0.2, -0.15) is 0 Å². The summed E-state index contributed by atoms with van der Waals surface area (Å²) in [5, 5.41) is 10.1. The molecule has 0 aliphatic rings. The van der Waals surface area contributed by atoms with Crippen LogP contribution in [0.5, 0.6) is 0 Å². The summed E-state index contributed by atoms with van der Waals surface area (Å²) < 4.78 is 1.10. The van der Waals surface area contributed by atoms with Crippen LogP contribution in [0.3, 0.4) is 0 Å². The van der Waals surface area contributed by atoms with Crippen molar-refractivity contribution in [3.8, 4) is 0 Å². The Labute approximate surface area is 78.4 Å². The molecule has 0 spiro atoms. The zero-order valence-electron chi connectivity index (χ0n) is 5.71. The second kappa shape index (κ2) is 3.71. The summed E-state index contributed by atoms with van der Waals surface area (Å²) in [5.74, 6) is -1.04. The van der Waals surface area contributed by atoms with Crippen LogP contribution < -0.4 is 5.11 Å². The number of aliphatic carboxylic acids is 1. The highest BCUT2D eigenvalue weighted by Gasteiger charge is 1.91. The van der Waals surface area contributed by atoms with E-state index in [1.807, 2.05) is 12.1 Å². The summed E-state index contributed by atoms with van der Waals surface area (Å²) in [6.45, 7) is 0. The fraction of sp³-hybridized carbons (Fsp3) is 0.125. The Balaban J connectivity index is 2.74. The van der Waals surface area contributed by atoms with E-state index >= 15 is 0 Å². The van der Waals surface area contributed by atoms with Gasteiger partial charge in [-0.05, 0) is 40.3 Å². The van der Waals surface area contributed by atoms with Crippen molar-refractivity contribution in [1.82, 2.24) is 0 Å².